The zero-order valence-corrected chi connectivity index (χ0v) is 19.5. The molecule has 1 fully saturated rings. The van der Waals surface area contributed by atoms with Gasteiger partial charge in [-0.2, -0.15) is 0 Å². The molecule has 1 atom stereocenters. The highest BCUT2D eigenvalue weighted by molar-refractivity contribution is 7.16. The number of rotatable bonds is 4. The summed E-state index contributed by atoms with van der Waals surface area (Å²) in [6.45, 7) is 4.90. The summed E-state index contributed by atoms with van der Waals surface area (Å²) in [6, 6.07) is 17.0. The SMILES string of the molecule is COc1ccc(CC2CN(C3=Nc4ccccc4Nc4sc(C)cc43)CCN2)cc1OC. The molecular weight excluding hydrogens is 420 g/mol. The van der Waals surface area contributed by atoms with Crippen molar-refractivity contribution < 1.29 is 9.47 Å². The van der Waals surface area contributed by atoms with Gasteiger partial charge in [0, 0.05) is 30.6 Å². The molecule has 5 rings (SSSR count). The van der Waals surface area contributed by atoms with Crippen molar-refractivity contribution in [1.82, 2.24) is 10.2 Å². The minimum atomic E-state index is 0.319. The lowest BCUT2D eigenvalue weighted by Crippen LogP contribution is -2.53. The van der Waals surface area contributed by atoms with Crippen LogP contribution in [0.5, 0.6) is 11.5 Å². The van der Waals surface area contributed by atoms with Gasteiger partial charge < -0.3 is 25.0 Å². The Morgan fingerprint density at radius 1 is 1.09 bits per heavy atom. The summed E-state index contributed by atoms with van der Waals surface area (Å²) in [4.78, 5) is 8.84. The summed E-state index contributed by atoms with van der Waals surface area (Å²) >= 11 is 1.79. The molecule has 3 aromatic rings. The number of nitrogens with one attached hydrogen (secondary N) is 2. The molecule has 2 aliphatic heterocycles. The molecule has 0 saturated carbocycles. The second-order valence-electron chi connectivity index (χ2n) is 8.17. The maximum absolute atomic E-state index is 5.49. The van der Waals surface area contributed by atoms with E-state index in [9.17, 15) is 0 Å². The van der Waals surface area contributed by atoms with Crippen molar-refractivity contribution in [2.45, 2.75) is 19.4 Å². The Hall–Kier alpha value is -3.03. The number of aryl methyl sites for hydroxylation is 1. The van der Waals surface area contributed by atoms with Gasteiger partial charge in [-0.3, -0.25) is 0 Å². The molecule has 2 aromatic carbocycles. The van der Waals surface area contributed by atoms with E-state index in [1.165, 1.54) is 21.0 Å². The van der Waals surface area contributed by atoms with Gasteiger partial charge in [0.25, 0.3) is 0 Å². The van der Waals surface area contributed by atoms with Crippen molar-refractivity contribution in [1.29, 1.82) is 0 Å². The molecule has 7 heteroatoms. The monoisotopic (exact) mass is 448 g/mol. The van der Waals surface area contributed by atoms with E-state index in [-0.39, 0.29) is 0 Å². The minimum absolute atomic E-state index is 0.319. The van der Waals surface area contributed by atoms with E-state index in [1.807, 2.05) is 12.1 Å². The summed E-state index contributed by atoms with van der Waals surface area (Å²) in [5, 5.41) is 8.46. The summed E-state index contributed by atoms with van der Waals surface area (Å²) in [5.74, 6) is 2.58. The Morgan fingerprint density at radius 2 is 1.94 bits per heavy atom. The lowest BCUT2D eigenvalue weighted by atomic mass is 10.0. The number of piperazine rings is 1. The van der Waals surface area contributed by atoms with Crippen LogP contribution in [0.4, 0.5) is 16.4 Å². The Balaban J connectivity index is 1.42. The summed E-state index contributed by atoms with van der Waals surface area (Å²) in [5.41, 5.74) is 4.46. The van der Waals surface area contributed by atoms with E-state index in [2.05, 4.69) is 58.9 Å². The van der Waals surface area contributed by atoms with Gasteiger partial charge in [0.15, 0.2) is 11.5 Å². The van der Waals surface area contributed by atoms with Crippen molar-refractivity contribution in [2.24, 2.45) is 4.99 Å². The minimum Gasteiger partial charge on any atom is -0.493 e. The van der Waals surface area contributed by atoms with Gasteiger partial charge in [0.05, 0.1) is 31.2 Å². The lowest BCUT2D eigenvalue weighted by Gasteiger charge is -2.36. The highest BCUT2D eigenvalue weighted by Gasteiger charge is 2.27. The second-order valence-corrected chi connectivity index (χ2v) is 9.42. The van der Waals surface area contributed by atoms with Crippen LogP contribution in [-0.4, -0.2) is 50.6 Å². The number of aliphatic imine (C=N–C) groups is 1. The average molecular weight is 449 g/mol. The molecule has 166 valence electrons. The Morgan fingerprint density at radius 3 is 2.78 bits per heavy atom. The highest BCUT2D eigenvalue weighted by Crippen LogP contribution is 2.39. The van der Waals surface area contributed by atoms with E-state index in [4.69, 9.17) is 14.5 Å². The summed E-state index contributed by atoms with van der Waals surface area (Å²) in [7, 11) is 3.34. The van der Waals surface area contributed by atoms with Gasteiger partial charge in [0.2, 0.25) is 0 Å². The highest BCUT2D eigenvalue weighted by atomic mass is 32.1. The fourth-order valence-corrected chi connectivity index (χ4v) is 5.35. The number of para-hydroxylation sites is 2. The zero-order valence-electron chi connectivity index (χ0n) is 18.6. The predicted octanol–water partition coefficient (Wildman–Crippen LogP) is 4.73. The van der Waals surface area contributed by atoms with Crippen LogP contribution < -0.4 is 20.1 Å². The third kappa shape index (κ3) is 4.06. The number of methoxy groups -OCH3 is 2. The number of hydrogen-bond donors (Lipinski definition) is 2. The van der Waals surface area contributed by atoms with E-state index in [1.54, 1.807) is 25.6 Å². The second kappa shape index (κ2) is 8.84. The molecule has 2 aliphatic rings. The van der Waals surface area contributed by atoms with Crippen molar-refractivity contribution >= 4 is 33.5 Å². The largest absolute Gasteiger partial charge is 0.493 e. The number of hydrogen-bond acceptors (Lipinski definition) is 7. The van der Waals surface area contributed by atoms with Crippen molar-refractivity contribution in [3.63, 3.8) is 0 Å². The van der Waals surface area contributed by atoms with Crippen LogP contribution in [0.2, 0.25) is 0 Å². The molecule has 0 aliphatic carbocycles. The molecule has 2 N–H and O–H groups in total. The Kier molecular flexibility index (Phi) is 5.76. The number of ether oxygens (including phenoxy) is 2. The van der Waals surface area contributed by atoms with Crippen LogP contribution in [0.1, 0.15) is 16.0 Å². The van der Waals surface area contributed by atoms with Crippen LogP contribution in [0.15, 0.2) is 53.5 Å². The lowest BCUT2D eigenvalue weighted by molar-refractivity contribution is 0.290. The first-order valence-corrected chi connectivity index (χ1v) is 11.7. The normalized spacial score (nSPS) is 17.5. The van der Waals surface area contributed by atoms with E-state index >= 15 is 0 Å². The molecule has 0 spiro atoms. The Labute approximate surface area is 192 Å². The first-order chi connectivity index (χ1) is 15.6. The molecule has 6 nitrogen and oxygen atoms in total. The van der Waals surface area contributed by atoms with E-state index in [0.29, 0.717) is 6.04 Å². The van der Waals surface area contributed by atoms with Gasteiger partial charge >= 0.3 is 0 Å². The number of fused-ring (bicyclic) bond motifs is 2. The molecule has 1 saturated heterocycles. The van der Waals surface area contributed by atoms with Gasteiger partial charge in [-0.1, -0.05) is 18.2 Å². The fraction of sp³-hybridized carbons (Fsp3) is 0.320. The van der Waals surface area contributed by atoms with Crippen LogP contribution in [-0.2, 0) is 6.42 Å². The fourth-order valence-electron chi connectivity index (χ4n) is 4.43. The average Bonchev–Trinajstić information content (AvgIpc) is 3.10. The third-order valence-electron chi connectivity index (χ3n) is 5.96. The zero-order chi connectivity index (χ0) is 22.1. The molecule has 3 heterocycles. The quantitative estimate of drug-likeness (QED) is 0.605. The molecule has 0 radical (unpaired) electrons. The number of anilines is 2. The predicted molar refractivity (Wildman–Crippen MR) is 132 cm³/mol. The molecule has 0 amide bonds. The van der Waals surface area contributed by atoms with Crippen molar-refractivity contribution in [3.05, 3.63) is 64.5 Å². The number of benzene rings is 2. The number of nitrogens with zero attached hydrogens (tertiary/aromatic N) is 2. The number of thiophene rings is 1. The first-order valence-electron chi connectivity index (χ1n) is 10.9. The van der Waals surface area contributed by atoms with Crippen molar-refractivity contribution in [3.8, 4) is 11.5 Å². The van der Waals surface area contributed by atoms with Gasteiger partial charge in [-0.25, -0.2) is 4.99 Å². The van der Waals surface area contributed by atoms with Crippen LogP contribution in [0.25, 0.3) is 0 Å². The van der Waals surface area contributed by atoms with Gasteiger partial charge in [-0.05, 0) is 49.2 Å². The van der Waals surface area contributed by atoms with Crippen LogP contribution >= 0.6 is 11.3 Å². The topological polar surface area (TPSA) is 58.1 Å². The maximum atomic E-state index is 5.49. The molecular formula is C25H28N4O2S. The summed E-state index contributed by atoms with van der Waals surface area (Å²) in [6.07, 6.45) is 0.911. The van der Waals surface area contributed by atoms with E-state index in [0.717, 1.165) is 54.8 Å². The molecule has 32 heavy (non-hydrogen) atoms. The first kappa shape index (κ1) is 20.8. The number of amidine groups is 1. The van der Waals surface area contributed by atoms with Crippen molar-refractivity contribution in [2.75, 3.05) is 39.2 Å². The molecule has 1 unspecified atom stereocenters. The van der Waals surface area contributed by atoms with Gasteiger partial charge in [-0.15, -0.1) is 11.3 Å². The summed E-state index contributed by atoms with van der Waals surface area (Å²) < 4.78 is 10.9. The Bertz CT molecular complexity index is 1160. The van der Waals surface area contributed by atoms with Crippen LogP contribution in [0, 0.1) is 6.92 Å². The molecule has 1 aromatic heterocycles. The van der Waals surface area contributed by atoms with E-state index < -0.39 is 0 Å². The molecule has 0 bridgehead atoms. The third-order valence-corrected chi connectivity index (χ3v) is 6.93. The standard InChI is InChI=1S/C25H28N4O2S/c1-16-12-19-24(27-20-6-4-5-7-21(20)28-25(19)32-16)29-11-10-26-18(15-29)13-17-8-9-22(30-2)23(14-17)31-3/h4-9,12,14,18,26,28H,10-11,13,15H2,1-3H3. The van der Waals surface area contributed by atoms with Gasteiger partial charge in [0.1, 0.15) is 10.8 Å². The maximum Gasteiger partial charge on any atom is 0.160 e. The van der Waals surface area contributed by atoms with Crippen LogP contribution in [0.3, 0.4) is 0 Å². The smallest absolute Gasteiger partial charge is 0.160 e.